The molecule has 0 unspecified atom stereocenters. The Morgan fingerprint density at radius 2 is 1.86 bits per heavy atom. The van der Waals surface area contributed by atoms with Gasteiger partial charge in [-0.05, 0) is 38.3 Å². The zero-order chi connectivity index (χ0) is 30.2. The Kier molecular flexibility index (Phi) is 12.4. The van der Waals surface area contributed by atoms with Crippen molar-refractivity contribution in [2.45, 2.75) is 116 Å². The molecule has 5 rings (SSSR count). The van der Waals surface area contributed by atoms with Gasteiger partial charge >= 0.3 is 5.97 Å². The summed E-state index contributed by atoms with van der Waals surface area (Å²) in [6.07, 6.45) is 13.8. The lowest BCUT2D eigenvalue weighted by Crippen LogP contribution is -3.00. The van der Waals surface area contributed by atoms with E-state index in [1.807, 2.05) is 11.5 Å². The number of hydrogen-bond acceptors (Lipinski definition) is 6. The summed E-state index contributed by atoms with van der Waals surface area (Å²) in [6.45, 7) is 7.51. The van der Waals surface area contributed by atoms with E-state index >= 15 is 0 Å². The van der Waals surface area contributed by atoms with Crippen LogP contribution in [0.3, 0.4) is 0 Å². The topological polar surface area (TPSA) is 87.2 Å². The number of aromatic nitrogens is 3. The van der Waals surface area contributed by atoms with Gasteiger partial charge in [-0.25, -0.2) is 9.37 Å². The Morgan fingerprint density at radius 3 is 2.64 bits per heavy atom. The quantitative estimate of drug-likeness (QED) is 0.153. The molecule has 242 valence electrons. The zero-order valence-electron chi connectivity index (χ0n) is 26.4. The highest BCUT2D eigenvalue weighted by atomic mass is 35.5. The number of piperidine rings is 1. The SMILES string of the molecule is CCCCCCCCCC(=O)OC[N+]1(CCc2c(C)nc3n(c2=O)CCCC3)CCC(c2noc3cc(F)ccc23)CC1.[Cl-]. The minimum Gasteiger partial charge on any atom is -1.00 e. The number of carbonyl (C=O) groups excluding carboxylic acids is 1. The highest BCUT2D eigenvalue weighted by molar-refractivity contribution is 5.79. The van der Waals surface area contributed by atoms with Crippen molar-refractivity contribution >= 4 is 16.9 Å². The summed E-state index contributed by atoms with van der Waals surface area (Å²) in [5, 5.41) is 5.18. The van der Waals surface area contributed by atoms with Crippen molar-refractivity contribution < 1.29 is 35.3 Å². The minimum absolute atomic E-state index is 0. The molecule has 0 bridgehead atoms. The van der Waals surface area contributed by atoms with Crippen molar-refractivity contribution in [2.24, 2.45) is 0 Å². The first-order valence-corrected chi connectivity index (χ1v) is 16.5. The van der Waals surface area contributed by atoms with Crippen LogP contribution in [0.2, 0.25) is 0 Å². The van der Waals surface area contributed by atoms with Crippen molar-refractivity contribution in [2.75, 3.05) is 26.4 Å². The fourth-order valence-corrected chi connectivity index (χ4v) is 6.91. The molecular formula is C34H48ClFN4O4. The van der Waals surface area contributed by atoms with Gasteiger partial charge in [0.1, 0.15) is 11.6 Å². The van der Waals surface area contributed by atoms with E-state index in [1.165, 1.54) is 44.2 Å². The Hall–Kier alpha value is -2.78. The van der Waals surface area contributed by atoms with E-state index in [0.717, 1.165) is 92.7 Å². The first kappa shape index (κ1) is 34.1. The number of unbranched alkanes of at least 4 members (excludes halogenated alkanes) is 6. The Bertz CT molecular complexity index is 1450. The molecule has 10 heteroatoms. The van der Waals surface area contributed by atoms with Crippen molar-refractivity contribution in [1.29, 1.82) is 0 Å². The molecule has 1 saturated heterocycles. The van der Waals surface area contributed by atoms with Gasteiger partial charge in [-0.2, -0.15) is 0 Å². The Balaban J connectivity index is 0.00000442. The van der Waals surface area contributed by atoms with Crippen LogP contribution in [0.25, 0.3) is 11.0 Å². The molecule has 2 aromatic heterocycles. The van der Waals surface area contributed by atoms with Crippen molar-refractivity contribution in [1.82, 2.24) is 14.7 Å². The normalized spacial score (nSPS) is 19.8. The lowest BCUT2D eigenvalue weighted by Gasteiger charge is -2.42. The molecule has 44 heavy (non-hydrogen) atoms. The first-order valence-electron chi connectivity index (χ1n) is 16.5. The summed E-state index contributed by atoms with van der Waals surface area (Å²) in [5.74, 6) is 0.612. The van der Waals surface area contributed by atoms with Gasteiger partial charge in [-0.3, -0.25) is 18.6 Å². The Labute approximate surface area is 266 Å². The maximum Gasteiger partial charge on any atom is 0.310 e. The minimum atomic E-state index is -0.337. The molecule has 0 atom stereocenters. The molecule has 1 fully saturated rings. The molecule has 0 N–H and O–H groups in total. The number of rotatable bonds is 14. The molecule has 0 radical (unpaired) electrons. The smallest absolute Gasteiger partial charge is 0.310 e. The van der Waals surface area contributed by atoms with Gasteiger partial charge in [-0.15, -0.1) is 0 Å². The highest BCUT2D eigenvalue weighted by Gasteiger charge is 2.37. The van der Waals surface area contributed by atoms with Gasteiger partial charge in [-0.1, -0.05) is 50.6 Å². The van der Waals surface area contributed by atoms with Crippen molar-refractivity contribution in [3.05, 3.63) is 57.1 Å². The van der Waals surface area contributed by atoms with Gasteiger partial charge in [0.2, 0.25) is 6.73 Å². The fraction of sp³-hybridized carbons (Fsp3) is 0.647. The van der Waals surface area contributed by atoms with Crippen LogP contribution in [-0.4, -0.2) is 51.5 Å². The molecule has 0 saturated carbocycles. The molecule has 2 aliphatic heterocycles. The molecule has 2 aliphatic rings. The molecule has 8 nitrogen and oxygen atoms in total. The standard InChI is InChI=1S/C34H48FN4O4.ClH/c1-3-4-5-6-7-8-9-13-32(40)42-24-39(22-18-28-25(2)36-31-12-10-11-19-38(31)34(28)41)20-16-26(17-21-39)33-29-15-14-27(35)23-30(29)43-37-33;/h14-15,23,26H,3-13,16-22,24H2,1-2H3;1H/q+1;/p-1. The molecule has 3 aromatic rings. The van der Waals surface area contributed by atoms with Crippen molar-refractivity contribution in [3.63, 3.8) is 0 Å². The monoisotopic (exact) mass is 630 g/mol. The van der Waals surface area contributed by atoms with Crippen LogP contribution >= 0.6 is 0 Å². The molecular weight excluding hydrogens is 583 g/mol. The number of likely N-dealkylation sites (tertiary alicyclic amines) is 1. The zero-order valence-corrected chi connectivity index (χ0v) is 27.2. The highest BCUT2D eigenvalue weighted by Crippen LogP contribution is 2.35. The van der Waals surface area contributed by atoms with Gasteiger partial charge in [0.15, 0.2) is 5.58 Å². The summed E-state index contributed by atoms with van der Waals surface area (Å²) in [4.78, 5) is 31.0. The maximum absolute atomic E-state index is 13.7. The fourth-order valence-electron chi connectivity index (χ4n) is 6.91. The number of quaternary nitrogens is 1. The van der Waals surface area contributed by atoms with Crippen LogP contribution in [0.4, 0.5) is 4.39 Å². The van der Waals surface area contributed by atoms with Crippen molar-refractivity contribution in [3.8, 4) is 0 Å². The summed E-state index contributed by atoms with van der Waals surface area (Å²) in [7, 11) is 0. The van der Waals surface area contributed by atoms with Gasteiger partial charge in [0.05, 0.1) is 25.3 Å². The van der Waals surface area contributed by atoms with Crippen LogP contribution in [0.1, 0.15) is 113 Å². The van der Waals surface area contributed by atoms with Crippen LogP contribution in [0.15, 0.2) is 27.5 Å². The lowest BCUT2D eigenvalue weighted by atomic mass is 9.90. The van der Waals surface area contributed by atoms with E-state index < -0.39 is 0 Å². The third-order valence-electron chi connectivity index (χ3n) is 9.65. The second kappa shape index (κ2) is 16.0. The number of carbonyl (C=O) groups is 1. The number of nitrogens with zero attached hydrogens (tertiary/aromatic N) is 4. The number of halogens is 2. The second-order valence-corrected chi connectivity index (χ2v) is 12.8. The predicted octanol–water partition coefficient (Wildman–Crippen LogP) is 3.75. The van der Waals surface area contributed by atoms with Crippen LogP contribution in [0, 0.1) is 12.7 Å². The lowest BCUT2D eigenvalue weighted by molar-refractivity contribution is -0.948. The van der Waals surface area contributed by atoms with E-state index in [4.69, 9.17) is 14.2 Å². The average molecular weight is 631 g/mol. The third kappa shape index (κ3) is 8.27. The van der Waals surface area contributed by atoms with Gasteiger partial charge in [0, 0.05) is 67.3 Å². The summed E-state index contributed by atoms with van der Waals surface area (Å²) in [5.41, 5.74) is 3.04. The largest absolute Gasteiger partial charge is 1.00 e. The van der Waals surface area contributed by atoms with Crippen LogP contribution in [-0.2, 0) is 28.9 Å². The molecule has 4 heterocycles. The van der Waals surface area contributed by atoms with Crippen LogP contribution < -0.4 is 18.0 Å². The van der Waals surface area contributed by atoms with Gasteiger partial charge < -0.3 is 21.7 Å². The molecule has 0 aliphatic carbocycles. The van der Waals surface area contributed by atoms with E-state index in [0.29, 0.717) is 36.2 Å². The van der Waals surface area contributed by atoms with E-state index in [2.05, 4.69) is 12.1 Å². The molecule has 0 spiro atoms. The molecule has 0 amide bonds. The van der Waals surface area contributed by atoms with E-state index in [-0.39, 0.29) is 35.7 Å². The second-order valence-electron chi connectivity index (χ2n) is 12.8. The Morgan fingerprint density at radius 1 is 1.11 bits per heavy atom. The average Bonchev–Trinajstić information content (AvgIpc) is 3.43. The maximum atomic E-state index is 13.7. The number of aryl methyl sites for hydroxylation is 2. The predicted molar refractivity (Wildman–Crippen MR) is 164 cm³/mol. The first-order chi connectivity index (χ1) is 20.9. The molecule has 1 aromatic carbocycles. The number of hydrogen-bond donors (Lipinski definition) is 0. The summed E-state index contributed by atoms with van der Waals surface area (Å²) >= 11 is 0. The number of ether oxygens (including phenoxy) is 1. The number of benzene rings is 1. The summed E-state index contributed by atoms with van der Waals surface area (Å²) in [6, 6.07) is 4.58. The van der Waals surface area contributed by atoms with Crippen LogP contribution in [0.5, 0.6) is 0 Å². The summed E-state index contributed by atoms with van der Waals surface area (Å²) < 4.78 is 27.6. The number of esters is 1. The van der Waals surface area contributed by atoms with E-state index in [9.17, 15) is 14.0 Å². The van der Waals surface area contributed by atoms with Gasteiger partial charge in [0.25, 0.3) is 5.56 Å². The third-order valence-corrected chi connectivity index (χ3v) is 9.65. The number of fused-ring (bicyclic) bond motifs is 2. The van der Waals surface area contributed by atoms with E-state index in [1.54, 1.807) is 6.07 Å².